The minimum absolute atomic E-state index is 0.0516. The van der Waals surface area contributed by atoms with Crippen LogP contribution in [-0.2, 0) is 11.3 Å². The van der Waals surface area contributed by atoms with E-state index in [2.05, 4.69) is 19.2 Å². The first-order valence-corrected chi connectivity index (χ1v) is 10.2. The number of thiophene rings is 1. The van der Waals surface area contributed by atoms with E-state index in [9.17, 15) is 14.4 Å². The fourth-order valence-corrected chi connectivity index (χ4v) is 4.46. The van der Waals surface area contributed by atoms with Crippen LogP contribution < -0.4 is 5.32 Å². The molecule has 0 bridgehead atoms. The number of hydrogen-bond acceptors (Lipinski definition) is 5. The second-order valence-electron chi connectivity index (χ2n) is 6.45. The van der Waals surface area contributed by atoms with Crippen LogP contribution >= 0.6 is 23.1 Å². The average molecular weight is 389 g/mol. The summed E-state index contributed by atoms with van der Waals surface area (Å²) >= 11 is 2.64. The van der Waals surface area contributed by atoms with Crippen LogP contribution in [0.15, 0.2) is 41.8 Å². The molecule has 1 aliphatic heterocycles. The Labute approximate surface area is 160 Å². The summed E-state index contributed by atoms with van der Waals surface area (Å²) in [5.74, 6) is 0.105. The highest BCUT2D eigenvalue weighted by Gasteiger charge is 2.30. The molecule has 2 aromatic rings. The Morgan fingerprint density at radius 1 is 1.23 bits per heavy atom. The summed E-state index contributed by atoms with van der Waals surface area (Å²) in [6.45, 7) is 4.34. The number of amides is 3. The molecule has 26 heavy (non-hydrogen) atoms. The van der Waals surface area contributed by atoms with Crippen LogP contribution in [-0.4, -0.2) is 27.7 Å². The van der Waals surface area contributed by atoms with Gasteiger partial charge in [0.15, 0.2) is 0 Å². The smallest absolute Gasteiger partial charge is 0.289 e. The zero-order chi connectivity index (χ0) is 18.7. The first-order chi connectivity index (χ1) is 12.5. The number of benzene rings is 1. The standard InChI is InChI=1S/C19H20N2O3S2/c1-12(2)17(15-7-4-8-25-15)20-18(23)14-6-3-5-13(9-14)10-21-16(22)11-26-19(21)24/h3-9,12,17H,10-11H2,1-2H3,(H,20,23). The quantitative estimate of drug-likeness (QED) is 0.810. The van der Waals surface area contributed by atoms with Gasteiger partial charge in [-0.25, -0.2) is 0 Å². The molecule has 1 aliphatic rings. The molecular weight excluding hydrogens is 368 g/mol. The van der Waals surface area contributed by atoms with Crippen molar-refractivity contribution in [3.8, 4) is 0 Å². The molecule has 1 unspecified atom stereocenters. The summed E-state index contributed by atoms with van der Waals surface area (Å²) < 4.78 is 0. The zero-order valence-corrected chi connectivity index (χ0v) is 16.2. The molecule has 1 aromatic heterocycles. The van der Waals surface area contributed by atoms with E-state index in [0.717, 1.165) is 22.2 Å². The molecule has 1 saturated heterocycles. The molecule has 1 N–H and O–H groups in total. The molecule has 0 radical (unpaired) electrons. The van der Waals surface area contributed by atoms with E-state index in [-0.39, 0.29) is 41.3 Å². The molecule has 5 nitrogen and oxygen atoms in total. The van der Waals surface area contributed by atoms with Crippen molar-refractivity contribution in [1.82, 2.24) is 10.2 Å². The van der Waals surface area contributed by atoms with Crippen LogP contribution in [0.4, 0.5) is 4.79 Å². The molecule has 0 aliphatic carbocycles. The second-order valence-corrected chi connectivity index (χ2v) is 8.35. The molecule has 7 heteroatoms. The number of thioether (sulfide) groups is 1. The first kappa shape index (κ1) is 18.7. The number of nitrogens with one attached hydrogen (secondary N) is 1. The van der Waals surface area contributed by atoms with Gasteiger partial charge in [0.2, 0.25) is 5.91 Å². The van der Waals surface area contributed by atoms with E-state index in [1.165, 1.54) is 4.90 Å². The van der Waals surface area contributed by atoms with Crippen molar-refractivity contribution >= 4 is 40.2 Å². The summed E-state index contributed by atoms with van der Waals surface area (Å²) in [7, 11) is 0. The SMILES string of the molecule is CC(C)C(NC(=O)c1cccc(CN2C(=O)CSC2=O)c1)c1cccs1. The van der Waals surface area contributed by atoms with Crippen molar-refractivity contribution in [1.29, 1.82) is 0 Å². The minimum Gasteiger partial charge on any atom is -0.344 e. The van der Waals surface area contributed by atoms with Crippen LogP contribution in [0.1, 0.15) is 40.7 Å². The minimum atomic E-state index is -0.234. The number of imide groups is 1. The van der Waals surface area contributed by atoms with Crippen molar-refractivity contribution in [2.45, 2.75) is 26.4 Å². The van der Waals surface area contributed by atoms with Crippen molar-refractivity contribution in [3.05, 3.63) is 57.8 Å². The monoisotopic (exact) mass is 388 g/mol. The summed E-state index contributed by atoms with van der Waals surface area (Å²) in [6, 6.07) is 11.0. The Morgan fingerprint density at radius 2 is 2.04 bits per heavy atom. The normalized spacial score (nSPS) is 15.6. The predicted octanol–water partition coefficient (Wildman–Crippen LogP) is 4.07. The Bertz CT molecular complexity index is 802. The summed E-state index contributed by atoms with van der Waals surface area (Å²) in [5, 5.41) is 4.86. The molecule has 1 fully saturated rings. The van der Waals surface area contributed by atoms with Gasteiger partial charge in [-0.05, 0) is 35.1 Å². The van der Waals surface area contributed by atoms with Crippen LogP contribution in [0, 0.1) is 5.92 Å². The lowest BCUT2D eigenvalue weighted by atomic mass is 10.0. The van der Waals surface area contributed by atoms with Gasteiger partial charge in [0.25, 0.3) is 11.1 Å². The topological polar surface area (TPSA) is 66.5 Å². The van der Waals surface area contributed by atoms with Gasteiger partial charge in [-0.3, -0.25) is 19.3 Å². The first-order valence-electron chi connectivity index (χ1n) is 8.36. The summed E-state index contributed by atoms with van der Waals surface area (Å²) in [6.07, 6.45) is 0. The van der Waals surface area contributed by atoms with Gasteiger partial charge in [-0.15, -0.1) is 11.3 Å². The van der Waals surface area contributed by atoms with Crippen LogP contribution in [0.3, 0.4) is 0 Å². The van der Waals surface area contributed by atoms with Crippen molar-refractivity contribution in [2.24, 2.45) is 5.92 Å². The maximum atomic E-state index is 12.7. The molecule has 2 heterocycles. The molecule has 1 aromatic carbocycles. The third kappa shape index (κ3) is 4.16. The van der Waals surface area contributed by atoms with Gasteiger partial charge < -0.3 is 5.32 Å². The molecule has 3 amide bonds. The zero-order valence-electron chi connectivity index (χ0n) is 14.6. The van der Waals surface area contributed by atoms with Gasteiger partial charge in [0, 0.05) is 10.4 Å². The van der Waals surface area contributed by atoms with E-state index >= 15 is 0 Å². The van der Waals surface area contributed by atoms with E-state index in [1.807, 2.05) is 23.6 Å². The fraction of sp³-hybridized carbons (Fsp3) is 0.316. The lowest BCUT2D eigenvalue weighted by Crippen LogP contribution is -2.31. The largest absolute Gasteiger partial charge is 0.344 e. The Balaban J connectivity index is 1.73. The van der Waals surface area contributed by atoms with Gasteiger partial charge in [0.1, 0.15) is 0 Å². The van der Waals surface area contributed by atoms with Crippen molar-refractivity contribution in [2.75, 3.05) is 5.75 Å². The van der Waals surface area contributed by atoms with Crippen LogP contribution in [0.5, 0.6) is 0 Å². The second kappa shape index (κ2) is 8.05. The van der Waals surface area contributed by atoms with E-state index < -0.39 is 0 Å². The molecule has 1 atom stereocenters. The van der Waals surface area contributed by atoms with Crippen LogP contribution in [0.2, 0.25) is 0 Å². The number of carbonyl (C=O) groups excluding carboxylic acids is 3. The third-order valence-corrected chi connectivity index (χ3v) is 5.99. The van der Waals surface area contributed by atoms with E-state index in [0.29, 0.717) is 5.56 Å². The molecule has 136 valence electrons. The van der Waals surface area contributed by atoms with Crippen molar-refractivity contribution < 1.29 is 14.4 Å². The number of rotatable bonds is 6. The summed E-state index contributed by atoms with van der Waals surface area (Å²) in [4.78, 5) is 38.6. The van der Waals surface area contributed by atoms with E-state index in [1.54, 1.807) is 29.5 Å². The number of hydrogen-bond donors (Lipinski definition) is 1. The van der Waals surface area contributed by atoms with Crippen LogP contribution in [0.25, 0.3) is 0 Å². The van der Waals surface area contributed by atoms with Gasteiger partial charge in [-0.1, -0.05) is 43.8 Å². The highest BCUT2D eigenvalue weighted by molar-refractivity contribution is 8.14. The lowest BCUT2D eigenvalue weighted by molar-refractivity contribution is -0.125. The lowest BCUT2D eigenvalue weighted by Gasteiger charge is -2.21. The predicted molar refractivity (Wildman–Crippen MR) is 104 cm³/mol. The number of carbonyl (C=O) groups is 3. The fourth-order valence-electron chi connectivity index (χ4n) is 2.79. The third-order valence-electron chi connectivity index (χ3n) is 4.17. The molecular formula is C19H20N2O3S2. The van der Waals surface area contributed by atoms with Gasteiger partial charge >= 0.3 is 0 Å². The Kier molecular flexibility index (Phi) is 5.78. The molecule has 0 saturated carbocycles. The maximum Gasteiger partial charge on any atom is 0.289 e. The summed E-state index contributed by atoms with van der Waals surface area (Å²) in [5.41, 5.74) is 1.29. The molecule has 0 spiro atoms. The highest BCUT2D eigenvalue weighted by atomic mass is 32.2. The van der Waals surface area contributed by atoms with Gasteiger partial charge in [-0.2, -0.15) is 0 Å². The average Bonchev–Trinajstić information content (AvgIpc) is 3.25. The number of nitrogens with zero attached hydrogens (tertiary/aromatic N) is 1. The molecule has 3 rings (SSSR count). The van der Waals surface area contributed by atoms with E-state index in [4.69, 9.17) is 0 Å². The Hall–Kier alpha value is -2.12. The Morgan fingerprint density at radius 3 is 2.65 bits per heavy atom. The highest BCUT2D eigenvalue weighted by Crippen LogP contribution is 2.26. The van der Waals surface area contributed by atoms with Crippen molar-refractivity contribution in [3.63, 3.8) is 0 Å². The van der Waals surface area contributed by atoms with Gasteiger partial charge in [0.05, 0.1) is 18.3 Å². The maximum absolute atomic E-state index is 12.7.